The number of nitrogens with zero attached hydrogens (tertiary/aromatic N) is 2. The topological polar surface area (TPSA) is 76.1 Å². The van der Waals surface area contributed by atoms with Gasteiger partial charge >= 0.3 is 0 Å². The molecule has 4 N–H and O–H groups in total. The zero-order valence-corrected chi connectivity index (χ0v) is 9.58. The van der Waals surface area contributed by atoms with Crippen molar-refractivity contribution in [2.24, 2.45) is 12.8 Å². The number of hydrogen-bond donors (Lipinski definition) is 3. The van der Waals surface area contributed by atoms with Crippen molar-refractivity contribution in [2.75, 3.05) is 5.32 Å². The van der Waals surface area contributed by atoms with E-state index in [0.29, 0.717) is 5.82 Å². The zero-order chi connectivity index (χ0) is 11.7. The number of nitrogens with two attached hydrogens (primary N) is 1. The third-order valence-corrected chi connectivity index (χ3v) is 2.48. The number of anilines is 1. The Balaban J connectivity index is 2.50. The Labute approximate surface area is 97.9 Å². The summed E-state index contributed by atoms with van der Waals surface area (Å²) in [5, 5.41) is 12.2. The average Bonchev–Trinajstić information content (AvgIpc) is 2.54. The molecule has 6 heteroatoms. The third kappa shape index (κ3) is 1.84. The molecule has 0 saturated carbocycles. The van der Waals surface area contributed by atoms with Crippen molar-refractivity contribution in [3.8, 4) is 0 Å². The number of aliphatic hydroxyl groups is 1. The number of rotatable bonds is 2. The van der Waals surface area contributed by atoms with Crippen LogP contribution in [0, 0.1) is 0 Å². The van der Waals surface area contributed by atoms with Gasteiger partial charge in [0, 0.05) is 12.7 Å². The highest BCUT2D eigenvalue weighted by Gasteiger charge is 2.07. The largest absolute Gasteiger partial charge is 0.388 e. The van der Waals surface area contributed by atoms with Crippen LogP contribution >= 0.6 is 12.2 Å². The van der Waals surface area contributed by atoms with Gasteiger partial charge in [0.1, 0.15) is 12.4 Å². The van der Waals surface area contributed by atoms with E-state index in [1.54, 1.807) is 0 Å². The number of fused-ring (bicyclic) bond motifs is 1. The molecule has 5 nitrogen and oxygen atoms in total. The van der Waals surface area contributed by atoms with Crippen LogP contribution < -0.4 is 11.1 Å². The lowest BCUT2D eigenvalue weighted by molar-refractivity contribution is 0.268. The first-order chi connectivity index (χ1) is 7.61. The van der Waals surface area contributed by atoms with Gasteiger partial charge in [-0.3, -0.25) is 0 Å². The normalized spacial score (nSPS) is 10.6. The number of hydrogen-bond acceptors (Lipinski definition) is 3. The van der Waals surface area contributed by atoms with Crippen LogP contribution in [0.15, 0.2) is 18.2 Å². The highest BCUT2D eigenvalue weighted by molar-refractivity contribution is 7.80. The lowest BCUT2D eigenvalue weighted by atomic mass is 10.3. The number of thiocarbonyl (C=S) groups is 1. The molecule has 0 saturated heterocycles. The van der Waals surface area contributed by atoms with Crippen molar-refractivity contribution < 1.29 is 5.11 Å². The van der Waals surface area contributed by atoms with Gasteiger partial charge in [-0.25, -0.2) is 4.98 Å². The van der Waals surface area contributed by atoms with Crippen molar-refractivity contribution >= 4 is 34.1 Å². The van der Waals surface area contributed by atoms with Gasteiger partial charge in [-0.05, 0) is 30.4 Å². The molecule has 0 bridgehead atoms. The Hall–Kier alpha value is -1.66. The number of aromatic nitrogens is 2. The highest BCUT2D eigenvalue weighted by atomic mass is 32.1. The highest BCUT2D eigenvalue weighted by Crippen LogP contribution is 2.19. The third-order valence-electron chi connectivity index (χ3n) is 2.38. The SMILES string of the molecule is Cn1c(CO)nc2cc(NC(N)=S)ccc21. The fourth-order valence-corrected chi connectivity index (χ4v) is 1.73. The Morgan fingerprint density at radius 3 is 3.00 bits per heavy atom. The summed E-state index contributed by atoms with van der Waals surface area (Å²) in [5.74, 6) is 0.627. The Kier molecular flexibility index (Phi) is 2.76. The molecule has 0 aliphatic heterocycles. The van der Waals surface area contributed by atoms with Crippen LogP contribution in [0.4, 0.5) is 5.69 Å². The zero-order valence-electron chi connectivity index (χ0n) is 8.77. The molecule has 16 heavy (non-hydrogen) atoms. The molecule has 0 fully saturated rings. The molecule has 84 valence electrons. The van der Waals surface area contributed by atoms with E-state index in [1.807, 2.05) is 29.8 Å². The smallest absolute Gasteiger partial charge is 0.168 e. The van der Waals surface area contributed by atoms with Crippen molar-refractivity contribution in [3.05, 3.63) is 24.0 Å². The minimum absolute atomic E-state index is 0.0801. The maximum atomic E-state index is 9.09. The lowest BCUT2D eigenvalue weighted by Crippen LogP contribution is -2.18. The monoisotopic (exact) mass is 236 g/mol. The maximum Gasteiger partial charge on any atom is 0.168 e. The van der Waals surface area contributed by atoms with Crippen LogP contribution in [0.1, 0.15) is 5.82 Å². The van der Waals surface area contributed by atoms with E-state index in [9.17, 15) is 0 Å². The summed E-state index contributed by atoms with van der Waals surface area (Å²) in [4.78, 5) is 4.29. The van der Waals surface area contributed by atoms with E-state index in [4.69, 9.17) is 23.1 Å². The van der Waals surface area contributed by atoms with Gasteiger partial charge in [0.15, 0.2) is 5.11 Å². The van der Waals surface area contributed by atoms with Crippen LogP contribution in [0.2, 0.25) is 0 Å². The summed E-state index contributed by atoms with van der Waals surface area (Å²) in [6.07, 6.45) is 0. The molecule has 1 aromatic carbocycles. The Morgan fingerprint density at radius 1 is 1.62 bits per heavy atom. The second-order valence-electron chi connectivity index (χ2n) is 3.44. The van der Waals surface area contributed by atoms with Crippen LogP contribution in [-0.2, 0) is 13.7 Å². The molecule has 0 spiro atoms. The molecular weight excluding hydrogens is 224 g/mol. The molecule has 1 heterocycles. The first-order valence-corrected chi connectivity index (χ1v) is 5.15. The standard InChI is InChI=1S/C10H12N4OS/c1-14-8-3-2-6(12-10(11)16)4-7(8)13-9(14)5-15/h2-4,15H,5H2,1H3,(H3,11,12,16). The fourth-order valence-electron chi connectivity index (χ4n) is 1.61. The number of imidazole rings is 1. The van der Waals surface area contributed by atoms with E-state index in [2.05, 4.69) is 10.3 Å². The lowest BCUT2D eigenvalue weighted by Gasteiger charge is -2.03. The molecule has 0 radical (unpaired) electrons. The number of benzene rings is 1. The first-order valence-electron chi connectivity index (χ1n) is 4.74. The van der Waals surface area contributed by atoms with Gasteiger partial charge in [0.2, 0.25) is 0 Å². The molecule has 1 aromatic heterocycles. The number of nitrogens with one attached hydrogen (secondary N) is 1. The molecule has 0 atom stereocenters. The van der Waals surface area contributed by atoms with Crippen molar-refractivity contribution in [1.29, 1.82) is 0 Å². The average molecular weight is 236 g/mol. The molecule has 2 rings (SSSR count). The molecular formula is C10H12N4OS. The summed E-state index contributed by atoms with van der Waals surface area (Å²) >= 11 is 4.76. The minimum Gasteiger partial charge on any atom is -0.388 e. The van der Waals surface area contributed by atoms with Gasteiger partial charge < -0.3 is 20.7 Å². The Morgan fingerprint density at radius 2 is 2.38 bits per heavy atom. The van der Waals surface area contributed by atoms with E-state index in [0.717, 1.165) is 16.7 Å². The van der Waals surface area contributed by atoms with Gasteiger partial charge in [0.25, 0.3) is 0 Å². The molecule has 0 aliphatic rings. The van der Waals surface area contributed by atoms with E-state index in [-0.39, 0.29) is 11.7 Å². The van der Waals surface area contributed by atoms with Gasteiger partial charge in [-0.1, -0.05) is 0 Å². The van der Waals surface area contributed by atoms with E-state index in [1.165, 1.54) is 0 Å². The molecule has 0 unspecified atom stereocenters. The van der Waals surface area contributed by atoms with Crippen molar-refractivity contribution in [1.82, 2.24) is 9.55 Å². The number of aryl methyl sites for hydroxylation is 1. The predicted octanol–water partition coefficient (Wildman–Crippen LogP) is 0.721. The van der Waals surface area contributed by atoms with E-state index >= 15 is 0 Å². The minimum atomic E-state index is -0.0801. The Bertz CT molecular complexity index is 549. The van der Waals surface area contributed by atoms with E-state index < -0.39 is 0 Å². The van der Waals surface area contributed by atoms with Crippen LogP contribution in [-0.4, -0.2) is 19.8 Å². The molecule has 0 amide bonds. The van der Waals surface area contributed by atoms with Crippen LogP contribution in [0.5, 0.6) is 0 Å². The second kappa shape index (κ2) is 4.07. The second-order valence-corrected chi connectivity index (χ2v) is 3.88. The fraction of sp³-hybridized carbons (Fsp3) is 0.200. The van der Waals surface area contributed by atoms with Gasteiger partial charge in [-0.15, -0.1) is 0 Å². The van der Waals surface area contributed by atoms with Crippen LogP contribution in [0.25, 0.3) is 11.0 Å². The van der Waals surface area contributed by atoms with Gasteiger partial charge in [-0.2, -0.15) is 0 Å². The summed E-state index contributed by atoms with van der Waals surface area (Å²) < 4.78 is 1.85. The van der Waals surface area contributed by atoms with Crippen molar-refractivity contribution in [3.63, 3.8) is 0 Å². The summed E-state index contributed by atoms with van der Waals surface area (Å²) in [6.45, 7) is -0.0801. The predicted molar refractivity (Wildman–Crippen MR) is 67.0 cm³/mol. The quantitative estimate of drug-likeness (QED) is 0.670. The molecule has 0 aliphatic carbocycles. The van der Waals surface area contributed by atoms with Crippen molar-refractivity contribution in [2.45, 2.75) is 6.61 Å². The van der Waals surface area contributed by atoms with Crippen LogP contribution in [0.3, 0.4) is 0 Å². The summed E-state index contributed by atoms with van der Waals surface area (Å²) in [6, 6.07) is 5.61. The first kappa shape index (κ1) is 10.8. The summed E-state index contributed by atoms with van der Waals surface area (Å²) in [5.41, 5.74) is 7.93. The molecule has 2 aromatic rings. The summed E-state index contributed by atoms with van der Waals surface area (Å²) in [7, 11) is 1.86. The van der Waals surface area contributed by atoms with Gasteiger partial charge in [0.05, 0.1) is 11.0 Å². The maximum absolute atomic E-state index is 9.09. The number of aliphatic hydroxyl groups excluding tert-OH is 1.